The molecule has 0 unspecified atom stereocenters. The van der Waals surface area contributed by atoms with Crippen molar-refractivity contribution in [2.75, 3.05) is 12.4 Å². The number of benzene rings is 1. The summed E-state index contributed by atoms with van der Waals surface area (Å²) < 4.78 is 4.34. The van der Waals surface area contributed by atoms with Gasteiger partial charge in [0.2, 0.25) is 0 Å². The summed E-state index contributed by atoms with van der Waals surface area (Å²) in [5, 5.41) is 13.1. The Kier molecular flexibility index (Phi) is 2.53. The van der Waals surface area contributed by atoms with E-state index in [4.69, 9.17) is 0 Å². The third kappa shape index (κ3) is 2.16. The number of amides is 1. The second-order valence-electron chi connectivity index (χ2n) is 2.14. The quantitative estimate of drug-likeness (QED) is 0.693. The van der Waals surface area contributed by atoms with Gasteiger partial charge in [-0.1, -0.05) is 6.07 Å². The maximum Gasteiger partial charge on any atom is 0.411 e. The zero-order valence-electron chi connectivity index (χ0n) is 6.53. The van der Waals surface area contributed by atoms with Gasteiger partial charge in [0, 0.05) is 11.8 Å². The highest BCUT2D eigenvalue weighted by molar-refractivity contribution is 5.84. The lowest BCUT2D eigenvalue weighted by molar-refractivity contribution is 0.187. The zero-order valence-corrected chi connectivity index (χ0v) is 6.53. The number of hydrogen-bond acceptors (Lipinski definition) is 2. The van der Waals surface area contributed by atoms with E-state index in [0.29, 0.717) is 5.69 Å². The predicted molar refractivity (Wildman–Crippen MR) is 42.6 cm³/mol. The first-order valence-corrected chi connectivity index (χ1v) is 3.34. The van der Waals surface area contributed by atoms with Crippen LogP contribution in [0, 0.1) is 0 Å². The summed E-state index contributed by atoms with van der Waals surface area (Å²) in [5.74, 6) is -0.149. The fourth-order valence-electron chi connectivity index (χ4n) is 0.743. The lowest BCUT2D eigenvalue weighted by atomic mass is 10.3. The third-order valence-electron chi connectivity index (χ3n) is 1.27. The maximum absolute atomic E-state index is 10.8. The summed E-state index contributed by atoms with van der Waals surface area (Å²) in [7, 11) is 1.26. The number of nitrogens with one attached hydrogen (secondary N) is 1. The van der Waals surface area contributed by atoms with Gasteiger partial charge in [-0.3, -0.25) is 10.4 Å². The van der Waals surface area contributed by atoms with Crippen LogP contribution in [0.15, 0.2) is 24.3 Å². The van der Waals surface area contributed by atoms with Crippen molar-refractivity contribution in [3.05, 3.63) is 24.3 Å². The highest BCUT2D eigenvalue weighted by Crippen LogP contribution is 2.15. The number of carbonyl (C=O) groups is 1. The number of rotatable bonds is 1. The van der Waals surface area contributed by atoms with Crippen molar-refractivity contribution in [1.82, 2.24) is 0 Å². The standard InChI is InChI=1S/C8H8NO3/c1-12-8(11)9-6-3-2-4-7(10)5-6/h2-5H,1H3,(H,9,11). The van der Waals surface area contributed by atoms with Gasteiger partial charge in [0.1, 0.15) is 0 Å². The van der Waals surface area contributed by atoms with Crippen molar-refractivity contribution in [3.63, 3.8) is 0 Å². The molecule has 0 bridgehead atoms. The van der Waals surface area contributed by atoms with E-state index in [9.17, 15) is 9.90 Å². The summed E-state index contributed by atoms with van der Waals surface area (Å²) in [6.45, 7) is 0. The van der Waals surface area contributed by atoms with E-state index in [1.165, 1.54) is 19.2 Å². The molecule has 0 aliphatic heterocycles. The Labute approximate surface area is 69.8 Å². The largest absolute Gasteiger partial charge is 0.453 e. The van der Waals surface area contributed by atoms with Gasteiger partial charge in [-0.15, -0.1) is 0 Å². The Bertz CT molecular complexity index is 285. The Hall–Kier alpha value is -1.71. The van der Waals surface area contributed by atoms with Crippen molar-refractivity contribution in [3.8, 4) is 5.75 Å². The topological polar surface area (TPSA) is 58.2 Å². The van der Waals surface area contributed by atoms with E-state index in [-0.39, 0.29) is 5.75 Å². The average Bonchev–Trinajstić information content (AvgIpc) is 2.04. The van der Waals surface area contributed by atoms with Crippen LogP contribution >= 0.6 is 0 Å². The molecule has 0 heterocycles. The van der Waals surface area contributed by atoms with E-state index in [0.717, 1.165) is 0 Å². The minimum Gasteiger partial charge on any atom is -0.453 e. The Morgan fingerprint density at radius 3 is 2.83 bits per heavy atom. The summed E-state index contributed by atoms with van der Waals surface area (Å²) in [5.41, 5.74) is 0.439. The number of methoxy groups -OCH3 is 1. The molecular weight excluding hydrogens is 158 g/mol. The van der Waals surface area contributed by atoms with E-state index in [1.54, 1.807) is 12.1 Å². The molecule has 1 rings (SSSR count). The minimum absolute atomic E-state index is 0.149. The van der Waals surface area contributed by atoms with Crippen LogP contribution in [0.3, 0.4) is 0 Å². The summed E-state index contributed by atoms with van der Waals surface area (Å²) in [6, 6.07) is 5.89. The molecule has 1 N–H and O–H groups in total. The monoisotopic (exact) mass is 166 g/mol. The molecule has 1 aromatic carbocycles. The lowest BCUT2D eigenvalue weighted by Crippen LogP contribution is -2.10. The second-order valence-corrected chi connectivity index (χ2v) is 2.14. The molecule has 0 saturated carbocycles. The van der Waals surface area contributed by atoms with E-state index in [1.807, 2.05) is 0 Å². The maximum atomic E-state index is 10.8. The zero-order chi connectivity index (χ0) is 8.97. The molecule has 63 valence electrons. The highest BCUT2D eigenvalue weighted by Gasteiger charge is 2.00. The van der Waals surface area contributed by atoms with E-state index >= 15 is 0 Å². The van der Waals surface area contributed by atoms with Crippen molar-refractivity contribution < 1.29 is 14.6 Å². The molecular formula is C8H8NO3. The molecule has 0 spiro atoms. The van der Waals surface area contributed by atoms with Gasteiger partial charge < -0.3 is 4.74 Å². The molecule has 1 aromatic rings. The molecule has 0 aliphatic rings. The molecule has 12 heavy (non-hydrogen) atoms. The van der Waals surface area contributed by atoms with Crippen molar-refractivity contribution in [1.29, 1.82) is 0 Å². The van der Waals surface area contributed by atoms with Crippen molar-refractivity contribution in [2.45, 2.75) is 0 Å². The number of carbonyl (C=O) groups excluding carboxylic acids is 1. The fraction of sp³-hybridized carbons (Fsp3) is 0.125. The molecule has 1 amide bonds. The Balaban J connectivity index is 2.69. The van der Waals surface area contributed by atoms with Crippen LogP contribution in [0.25, 0.3) is 0 Å². The van der Waals surface area contributed by atoms with Gasteiger partial charge in [-0.25, -0.2) is 4.79 Å². The summed E-state index contributed by atoms with van der Waals surface area (Å²) >= 11 is 0. The minimum atomic E-state index is -0.583. The Morgan fingerprint density at radius 2 is 2.25 bits per heavy atom. The van der Waals surface area contributed by atoms with Crippen molar-refractivity contribution >= 4 is 11.8 Å². The smallest absolute Gasteiger partial charge is 0.411 e. The third-order valence-corrected chi connectivity index (χ3v) is 1.27. The van der Waals surface area contributed by atoms with Gasteiger partial charge in [-0.2, -0.15) is 0 Å². The van der Waals surface area contributed by atoms with Gasteiger partial charge in [-0.05, 0) is 12.1 Å². The first-order chi connectivity index (χ1) is 5.72. The SMILES string of the molecule is COC(=O)Nc1cccc([O])c1. The van der Waals surface area contributed by atoms with Gasteiger partial charge in [0.05, 0.1) is 7.11 Å². The van der Waals surface area contributed by atoms with Crippen LogP contribution in [0.5, 0.6) is 5.75 Å². The molecule has 0 aliphatic carbocycles. The molecule has 4 heteroatoms. The van der Waals surface area contributed by atoms with Crippen LogP contribution in [0.2, 0.25) is 0 Å². The van der Waals surface area contributed by atoms with E-state index < -0.39 is 6.09 Å². The van der Waals surface area contributed by atoms with Crippen LogP contribution in [0.1, 0.15) is 0 Å². The highest BCUT2D eigenvalue weighted by atomic mass is 16.5. The van der Waals surface area contributed by atoms with Crippen LogP contribution in [-0.4, -0.2) is 13.2 Å². The molecule has 0 atom stereocenters. The summed E-state index contributed by atoms with van der Waals surface area (Å²) in [4.78, 5) is 10.7. The van der Waals surface area contributed by atoms with Gasteiger partial charge >= 0.3 is 6.09 Å². The first kappa shape index (κ1) is 8.39. The molecule has 0 saturated heterocycles. The lowest BCUT2D eigenvalue weighted by Gasteiger charge is -2.01. The summed E-state index contributed by atoms with van der Waals surface area (Å²) in [6.07, 6.45) is -0.583. The van der Waals surface area contributed by atoms with E-state index in [2.05, 4.69) is 10.1 Å². The van der Waals surface area contributed by atoms with Gasteiger partial charge in [0.25, 0.3) is 0 Å². The molecule has 0 aromatic heterocycles. The normalized spacial score (nSPS) is 9.08. The van der Waals surface area contributed by atoms with Crippen LogP contribution in [-0.2, 0) is 9.84 Å². The van der Waals surface area contributed by atoms with Crippen molar-refractivity contribution in [2.24, 2.45) is 0 Å². The van der Waals surface area contributed by atoms with Gasteiger partial charge in [0.15, 0.2) is 5.75 Å². The predicted octanol–water partition coefficient (Wildman–Crippen LogP) is 2.01. The van der Waals surface area contributed by atoms with Crippen LogP contribution < -0.4 is 5.32 Å². The number of hydrogen-bond donors (Lipinski definition) is 1. The number of ether oxygens (including phenoxy) is 1. The van der Waals surface area contributed by atoms with Crippen LogP contribution in [0.4, 0.5) is 10.5 Å². The Morgan fingerprint density at radius 1 is 1.50 bits per heavy atom. The molecule has 1 radical (unpaired) electrons. The fourth-order valence-corrected chi connectivity index (χ4v) is 0.743. The average molecular weight is 166 g/mol. The first-order valence-electron chi connectivity index (χ1n) is 3.34. The molecule has 4 nitrogen and oxygen atoms in total. The molecule has 0 fully saturated rings. The number of anilines is 1. The second kappa shape index (κ2) is 3.61.